The molecule has 1 amide bonds. The smallest absolute Gasteiger partial charge is 0.406 e. The van der Waals surface area contributed by atoms with E-state index in [0.717, 1.165) is 5.56 Å². The summed E-state index contributed by atoms with van der Waals surface area (Å²) >= 11 is 0. The molecule has 2 aliphatic heterocycles. The number of nitrogens with zero attached hydrogens (tertiary/aromatic N) is 3. The molecular weight excluding hydrogens is 391 g/mol. The van der Waals surface area contributed by atoms with Crippen molar-refractivity contribution in [3.8, 4) is 0 Å². The number of aromatic nitrogens is 2. The molecule has 2 aromatic heterocycles. The van der Waals surface area contributed by atoms with Gasteiger partial charge in [0.25, 0.3) is 6.01 Å². The number of rotatable bonds is 4. The molecule has 2 saturated heterocycles. The molecule has 0 spiro atoms. The van der Waals surface area contributed by atoms with Crippen LogP contribution in [0, 0.1) is 0 Å². The van der Waals surface area contributed by atoms with Crippen molar-refractivity contribution in [3.63, 3.8) is 0 Å². The van der Waals surface area contributed by atoms with E-state index in [2.05, 4.69) is 20.6 Å². The van der Waals surface area contributed by atoms with E-state index in [0.29, 0.717) is 12.2 Å². The van der Waals surface area contributed by atoms with E-state index in [1.54, 1.807) is 18.3 Å². The highest BCUT2D eigenvalue weighted by Crippen LogP contribution is 2.34. The number of morpholine rings is 1. The molecule has 2 aliphatic rings. The first-order chi connectivity index (χ1) is 13.9. The normalized spacial score (nSPS) is 26.2. The highest BCUT2D eigenvalue weighted by molar-refractivity contribution is 5.78. The lowest BCUT2D eigenvalue weighted by atomic mass is 9.88. The van der Waals surface area contributed by atoms with E-state index < -0.39 is 25.0 Å². The molecule has 2 N–H and O–H groups in total. The topological polar surface area (TPSA) is 92.5 Å². The zero-order valence-corrected chi connectivity index (χ0v) is 15.4. The monoisotopic (exact) mass is 411 g/mol. The molecule has 0 aromatic carbocycles. The maximum atomic E-state index is 13.4. The van der Waals surface area contributed by atoms with Gasteiger partial charge >= 0.3 is 6.18 Å². The number of hydrogen-bond acceptors (Lipinski definition) is 7. The van der Waals surface area contributed by atoms with E-state index in [-0.39, 0.29) is 37.4 Å². The number of hydrogen-bond donors (Lipinski definition) is 2. The zero-order chi connectivity index (χ0) is 20.4. The van der Waals surface area contributed by atoms with Crippen LogP contribution in [0.25, 0.3) is 0 Å². The van der Waals surface area contributed by atoms with Gasteiger partial charge in [-0.05, 0) is 30.0 Å². The van der Waals surface area contributed by atoms with Gasteiger partial charge < -0.3 is 14.5 Å². The van der Waals surface area contributed by atoms with E-state index in [1.807, 2.05) is 0 Å². The minimum absolute atomic E-state index is 0.106. The summed E-state index contributed by atoms with van der Waals surface area (Å²) in [5, 5.41) is 5.63. The van der Waals surface area contributed by atoms with Crippen molar-refractivity contribution in [2.75, 3.05) is 25.1 Å². The second-order valence-corrected chi connectivity index (χ2v) is 7.03. The van der Waals surface area contributed by atoms with Gasteiger partial charge in [-0.15, -0.1) is 0 Å². The van der Waals surface area contributed by atoms with E-state index >= 15 is 0 Å². The average Bonchev–Trinajstić information content (AvgIpc) is 3.20. The first kappa shape index (κ1) is 19.6. The predicted molar refractivity (Wildman–Crippen MR) is 95.3 cm³/mol. The molecule has 0 bridgehead atoms. The molecule has 0 aliphatic carbocycles. The maximum Gasteiger partial charge on any atom is 0.406 e. The van der Waals surface area contributed by atoms with Gasteiger partial charge in [0.1, 0.15) is 18.1 Å². The number of carbonyl (C=O) groups excluding carboxylic acids is 1. The van der Waals surface area contributed by atoms with Gasteiger partial charge in [-0.3, -0.25) is 15.0 Å². The van der Waals surface area contributed by atoms with E-state index in [4.69, 9.17) is 9.15 Å². The number of pyridine rings is 1. The van der Waals surface area contributed by atoms with Crippen molar-refractivity contribution in [1.29, 1.82) is 0 Å². The highest BCUT2D eigenvalue weighted by atomic mass is 19.4. The standard InChI is InChI=1S/C18H20F3N5O3/c19-18(20,21)13-10-28-6-4-26(13)15-8-12(9-16(27)25-15)11-1-2-22-14(7-11)24-17-23-3-5-29-17/h1-3,5,7,12-13,15H,4,6,8-10H2,(H,25,27)(H,22,23,24). The molecule has 3 atom stereocenters. The number of alkyl halides is 3. The Morgan fingerprint density at radius 1 is 1.28 bits per heavy atom. The minimum Gasteiger partial charge on any atom is -0.432 e. The van der Waals surface area contributed by atoms with Gasteiger partial charge in [-0.2, -0.15) is 13.2 Å². The van der Waals surface area contributed by atoms with Crippen LogP contribution >= 0.6 is 0 Å². The Morgan fingerprint density at radius 3 is 2.90 bits per heavy atom. The number of anilines is 2. The summed E-state index contributed by atoms with van der Waals surface area (Å²) in [5.74, 6) is -0.0386. The van der Waals surface area contributed by atoms with Crippen molar-refractivity contribution in [3.05, 3.63) is 36.4 Å². The largest absolute Gasteiger partial charge is 0.432 e. The third kappa shape index (κ3) is 4.51. The molecule has 29 heavy (non-hydrogen) atoms. The third-order valence-corrected chi connectivity index (χ3v) is 5.14. The molecule has 0 saturated carbocycles. The van der Waals surface area contributed by atoms with Gasteiger partial charge in [0, 0.05) is 19.2 Å². The first-order valence-corrected chi connectivity index (χ1v) is 9.22. The molecule has 2 aromatic rings. The lowest BCUT2D eigenvalue weighted by Crippen LogP contribution is -2.63. The Balaban J connectivity index is 1.52. The number of halogens is 3. The Morgan fingerprint density at radius 2 is 2.14 bits per heavy atom. The maximum absolute atomic E-state index is 13.4. The quantitative estimate of drug-likeness (QED) is 0.798. The first-order valence-electron chi connectivity index (χ1n) is 9.22. The van der Waals surface area contributed by atoms with Crippen LogP contribution in [-0.2, 0) is 9.53 Å². The lowest BCUT2D eigenvalue weighted by molar-refractivity contribution is -0.221. The van der Waals surface area contributed by atoms with Crippen LogP contribution in [-0.4, -0.2) is 58.9 Å². The molecule has 4 rings (SSSR count). The van der Waals surface area contributed by atoms with Gasteiger partial charge in [-0.25, -0.2) is 9.97 Å². The molecule has 0 radical (unpaired) electrons. The average molecular weight is 411 g/mol. The van der Waals surface area contributed by atoms with Crippen molar-refractivity contribution in [2.45, 2.75) is 37.1 Å². The van der Waals surface area contributed by atoms with E-state index in [1.165, 1.54) is 17.4 Å². The van der Waals surface area contributed by atoms with Crippen LogP contribution in [0.3, 0.4) is 0 Å². The Bertz CT molecular complexity index is 846. The summed E-state index contributed by atoms with van der Waals surface area (Å²) in [7, 11) is 0. The van der Waals surface area contributed by atoms with Crippen molar-refractivity contribution in [1.82, 2.24) is 20.2 Å². The van der Waals surface area contributed by atoms with Crippen molar-refractivity contribution in [2.24, 2.45) is 0 Å². The minimum atomic E-state index is -4.43. The number of oxazole rings is 1. The van der Waals surface area contributed by atoms with Gasteiger partial charge in [-0.1, -0.05) is 0 Å². The highest BCUT2D eigenvalue weighted by Gasteiger charge is 2.48. The molecule has 8 nitrogen and oxygen atoms in total. The number of amides is 1. The van der Waals surface area contributed by atoms with Gasteiger partial charge in [0.05, 0.1) is 25.6 Å². The van der Waals surface area contributed by atoms with Crippen LogP contribution in [0.4, 0.5) is 25.0 Å². The summed E-state index contributed by atoms with van der Waals surface area (Å²) in [6, 6.07) is 2.06. The fraction of sp³-hybridized carbons (Fsp3) is 0.500. The van der Waals surface area contributed by atoms with Gasteiger partial charge in [0.15, 0.2) is 0 Å². The zero-order valence-electron chi connectivity index (χ0n) is 15.4. The molecule has 2 fully saturated rings. The predicted octanol–water partition coefficient (Wildman–Crippen LogP) is 2.40. The van der Waals surface area contributed by atoms with Crippen LogP contribution in [0.5, 0.6) is 0 Å². The number of carbonyl (C=O) groups is 1. The van der Waals surface area contributed by atoms with Gasteiger partial charge in [0.2, 0.25) is 5.91 Å². The summed E-state index contributed by atoms with van der Waals surface area (Å²) in [4.78, 5) is 21.7. The van der Waals surface area contributed by atoms with Crippen LogP contribution < -0.4 is 10.6 Å². The second kappa shape index (κ2) is 7.99. The molecular formula is C18H20F3N5O3. The molecule has 156 valence electrons. The Hall–Kier alpha value is -2.66. The second-order valence-electron chi connectivity index (χ2n) is 7.03. The van der Waals surface area contributed by atoms with Crippen LogP contribution in [0.1, 0.15) is 24.3 Å². The number of nitrogens with one attached hydrogen (secondary N) is 2. The molecule has 3 unspecified atom stereocenters. The fourth-order valence-electron chi connectivity index (χ4n) is 3.79. The SMILES string of the molecule is O=C1CC(c2ccnc(Nc3ncco3)c2)CC(N2CCOCC2C(F)(F)F)N1. The molecule has 11 heteroatoms. The fourth-order valence-corrected chi connectivity index (χ4v) is 3.79. The summed E-state index contributed by atoms with van der Waals surface area (Å²) in [6.45, 7) is -0.127. The third-order valence-electron chi connectivity index (χ3n) is 5.14. The summed E-state index contributed by atoms with van der Waals surface area (Å²) < 4.78 is 50.4. The lowest BCUT2D eigenvalue weighted by Gasteiger charge is -2.44. The van der Waals surface area contributed by atoms with Crippen molar-refractivity contribution < 1.29 is 27.1 Å². The van der Waals surface area contributed by atoms with E-state index in [9.17, 15) is 18.0 Å². The van der Waals surface area contributed by atoms with Crippen LogP contribution in [0.2, 0.25) is 0 Å². The Kier molecular flexibility index (Phi) is 5.41. The number of ether oxygens (including phenoxy) is 1. The number of piperidine rings is 1. The molecule has 4 heterocycles. The summed E-state index contributed by atoms with van der Waals surface area (Å²) in [5.41, 5.74) is 0.811. The van der Waals surface area contributed by atoms with Crippen molar-refractivity contribution >= 4 is 17.7 Å². The summed E-state index contributed by atoms with van der Waals surface area (Å²) in [6.07, 6.45) is -0.102. The Labute approximate surface area is 164 Å². The van der Waals surface area contributed by atoms with Crippen LogP contribution in [0.15, 0.2) is 35.2 Å².